The minimum Gasteiger partial charge on any atom is -0.493 e. The van der Waals surface area contributed by atoms with Crippen molar-refractivity contribution in [3.8, 4) is 11.5 Å². The van der Waals surface area contributed by atoms with E-state index in [1.807, 2.05) is 26.0 Å². The summed E-state index contributed by atoms with van der Waals surface area (Å²) in [4.78, 5) is 36.6. The van der Waals surface area contributed by atoms with Crippen molar-refractivity contribution in [2.24, 2.45) is 5.10 Å². The van der Waals surface area contributed by atoms with Crippen molar-refractivity contribution in [2.45, 2.75) is 13.8 Å². The minimum atomic E-state index is -1.01. The second-order valence-electron chi connectivity index (χ2n) is 7.92. The number of hydrogen-bond donors (Lipinski definition) is 3. The summed E-state index contributed by atoms with van der Waals surface area (Å²) in [5.41, 5.74) is 5.43. The van der Waals surface area contributed by atoms with Gasteiger partial charge in [0.15, 0.2) is 18.1 Å². The zero-order chi connectivity index (χ0) is 27.8. The van der Waals surface area contributed by atoms with Gasteiger partial charge in [0.25, 0.3) is 5.91 Å². The molecule has 0 aromatic heterocycles. The summed E-state index contributed by atoms with van der Waals surface area (Å²) in [6.45, 7) is 3.57. The normalized spacial score (nSPS) is 10.7. The number of rotatable bonds is 8. The Bertz CT molecular complexity index is 1390. The van der Waals surface area contributed by atoms with Crippen LogP contribution < -0.4 is 25.5 Å². The van der Waals surface area contributed by atoms with Gasteiger partial charge in [-0.25, -0.2) is 5.43 Å². The first-order valence-corrected chi connectivity index (χ1v) is 12.6. The number of hydrogen-bond acceptors (Lipinski definition) is 6. The first-order valence-electron chi connectivity index (χ1n) is 11.0. The van der Waals surface area contributed by atoms with Gasteiger partial charge in [0, 0.05) is 10.2 Å². The zero-order valence-electron chi connectivity index (χ0n) is 20.5. The number of nitrogens with zero attached hydrogens (tertiary/aromatic N) is 1. The zero-order valence-corrected chi connectivity index (χ0v) is 23.6. The van der Waals surface area contributed by atoms with E-state index >= 15 is 0 Å². The van der Waals surface area contributed by atoms with Crippen LogP contribution in [0.2, 0.25) is 10.0 Å². The molecule has 0 aliphatic heterocycles. The van der Waals surface area contributed by atoms with Crippen molar-refractivity contribution in [3.63, 3.8) is 0 Å². The van der Waals surface area contributed by atoms with E-state index in [4.69, 9.17) is 32.7 Å². The maximum Gasteiger partial charge on any atom is 0.329 e. The van der Waals surface area contributed by atoms with E-state index in [2.05, 4.69) is 37.1 Å². The van der Waals surface area contributed by atoms with Crippen LogP contribution >= 0.6 is 39.1 Å². The summed E-state index contributed by atoms with van der Waals surface area (Å²) >= 11 is 15.3. The molecule has 12 heteroatoms. The molecule has 9 nitrogen and oxygen atoms in total. The summed E-state index contributed by atoms with van der Waals surface area (Å²) in [6.07, 6.45) is 1.32. The van der Waals surface area contributed by atoms with E-state index in [-0.39, 0.29) is 28.2 Å². The number of carbonyl (C=O) groups excluding carboxylic acids is 3. The Kier molecular flexibility index (Phi) is 10.1. The molecule has 0 fully saturated rings. The number of anilines is 2. The average Bonchev–Trinajstić information content (AvgIpc) is 2.87. The molecule has 0 atom stereocenters. The van der Waals surface area contributed by atoms with E-state index in [1.54, 1.807) is 30.3 Å². The van der Waals surface area contributed by atoms with Gasteiger partial charge in [-0.1, -0.05) is 45.2 Å². The van der Waals surface area contributed by atoms with Gasteiger partial charge in [-0.3, -0.25) is 14.4 Å². The van der Waals surface area contributed by atoms with Crippen molar-refractivity contribution in [3.05, 3.63) is 79.7 Å². The number of ether oxygens (including phenoxy) is 2. The van der Waals surface area contributed by atoms with Crippen LogP contribution in [0, 0.1) is 13.8 Å². The summed E-state index contributed by atoms with van der Waals surface area (Å²) in [7, 11) is 1.45. The lowest BCUT2D eigenvalue weighted by Gasteiger charge is -2.14. The van der Waals surface area contributed by atoms with E-state index in [1.165, 1.54) is 19.4 Å². The SMILES string of the molecule is COc1cc(/C=N\NC(=O)C(=O)Nc2cccc(Cl)c2Cl)ccc1OCC(=O)Nc1c(C)cc(Br)cc1C. The molecule has 198 valence electrons. The third kappa shape index (κ3) is 7.70. The molecule has 38 heavy (non-hydrogen) atoms. The molecule has 0 heterocycles. The first kappa shape index (κ1) is 29.0. The highest BCUT2D eigenvalue weighted by Crippen LogP contribution is 2.30. The maximum absolute atomic E-state index is 12.5. The fraction of sp³-hybridized carbons (Fsp3) is 0.154. The van der Waals surface area contributed by atoms with Crippen LogP contribution in [-0.2, 0) is 14.4 Å². The highest BCUT2D eigenvalue weighted by Gasteiger charge is 2.16. The van der Waals surface area contributed by atoms with Crippen molar-refractivity contribution in [1.29, 1.82) is 0 Å². The largest absolute Gasteiger partial charge is 0.493 e. The Hall–Kier alpha value is -3.60. The van der Waals surface area contributed by atoms with Crippen LogP contribution in [0.5, 0.6) is 11.5 Å². The standard InChI is InChI=1S/C26H23BrCl2N4O5/c1-14-9-17(27)10-15(2)24(14)32-22(34)13-38-20-8-7-16(11-21(20)37-3)12-30-33-26(36)25(35)31-19-6-4-5-18(28)23(19)29/h4-12H,13H2,1-3H3,(H,31,35)(H,32,34)(H,33,36)/b30-12-. The highest BCUT2D eigenvalue weighted by molar-refractivity contribution is 9.10. The Morgan fingerprint density at radius 3 is 2.37 bits per heavy atom. The number of aryl methyl sites for hydroxylation is 2. The predicted octanol–water partition coefficient (Wildman–Crippen LogP) is 5.49. The number of carbonyl (C=O) groups is 3. The summed E-state index contributed by atoms with van der Waals surface area (Å²) in [6, 6.07) is 13.3. The lowest BCUT2D eigenvalue weighted by Crippen LogP contribution is -2.32. The van der Waals surface area contributed by atoms with E-state index in [0.717, 1.165) is 21.3 Å². The number of methoxy groups -OCH3 is 1. The molecule has 0 aliphatic rings. The van der Waals surface area contributed by atoms with Gasteiger partial charge >= 0.3 is 11.8 Å². The van der Waals surface area contributed by atoms with E-state index in [9.17, 15) is 14.4 Å². The van der Waals surface area contributed by atoms with Gasteiger partial charge in [-0.05, 0) is 73.0 Å². The second kappa shape index (κ2) is 13.3. The number of benzene rings is 3. The lowest BCUT2D eigenvalue weighted by atomic mass is 10.1. The van der Waals surface area contributed by atoms with Gasteiger partial charge < -0.3 is 20.1 Å². The average molecular weight is 622 g/mol. The van der Waals surface area contributed by atoms with Crippen LogP contribution in [0.4, 0.5) is 11.4 Å². The monoisotopic (exact) mass is 620 g/mol. The van der Waals surface area contributed by atoms with Crippen LogP contribution in [-0.4, -0.2) is 37.7 Å². The van der Waals surface area contributed by atoms with E-state index < -0.39 is 11.8 Å². The molecule has 0 aliphatic carbocycles. The molecule has 0 unspecified atom stereocenters. The molecular weight excluding hydrogens is 599 g/mol. The molecule has 0 radical (unpaired) electrons. The molecule has 0 saturated carbocycles. The van der Waals surface area contributed by atoms with Gasteiger partial charge in [-0.15, -0.1) is 0 Å². The van der Waals surface area contributed by atoms with Gasteiger partial charge in [0.2, 0.25) is 0 Å². The molecule has 3 N–H and O–H groups in total. The molecule has 0 saturated heterocycles. The summed E-state index contributed by atoms with van der Waals surface area (Å²) in [5.74, 6) is -1.62. The van der Waals surface area contributed by atoms with Crippen molar-refractivity contribution >= 4 is 74.4 Å². The van der Waals surface area contributed by atoms with Crippen LogP contribution in [0.25, 0.3) is 0 Å². The molecule has 3 aromatic carbocycles. The Morgan fingerprint density at radius 2 is 1.68 bits per heavy atom. The quantitative estimate of drug-likeness (QED) is 0.175. The third-order valence-electron chi connectivity index (χ3n) is 5.09. The first-order chi connectivity index (χ1) is 18.1. The fourth-order valence-corrected chi connectivity index (χ4v) is 4.34. The smallest absolute Gasteiger partial charge is 0.329 e. The molecule has 3 amide bonds. The molecule has 0 bridgehead atoms. The van der Waals surface area contributed by atoms with Crippen LogP contribution in [0.15, 0.2) is 58.1 Å². The van der Waals surface area contributed by atoms with Gasteiger partial charge in [0.05, 0.1) is 29.1 Å². The molecule has 3 rings (SSSR count). The maximum atomic E-state index is 12.5. The number of halogens is 3. The summed E-state index contributed by atoms with van der Waals surface area (Å²) < 4.78 is 11.9. The number of hydrazone groups is 1. The third-order valence-corrected chi connectivity index (χ3v) is 6.37. The fourth-order valence-electron chi connectivity index (χ4n) is 3.31. The van der Waals surface area contributed by atoms with E-state index in [0.29, 0.717) is 17.1 Å². The topological polar surface area (TPSA) is 118 Å². The van der Waals surface area contributed by atoms with Crippen molar-refractivity contribution < 1.29 is 23.9 Å². The molecule has 3 aromatic rings. The minimum absolute atomic E-state index is 0.115. The second-order valence-corrected chi connectivity index (χ2v) is 9.62. The number of nitrogens with one attached hydrogen (secondary N) is 3. The van der Waals surface area contributed by atoms with Crippen molar-refractivity contribution in [1.82, 2.24) is 5.43 Å². The van der Waals surface area contributed by atoms with Gasteiger partial charge in [-0.2, -0.15) is 5.10 Å². The lowest BCUT2D eigenvalue weighted by molar-refractivity contribution is -0.136. The Morgan fingerprint density at radius 1 is 0.974 bits per heavy atom. The highest BCUT2D eigenvalue weighted by atomic mass is 79.9. The molecule has 0 spiro atoms. The predicted molar refractivity (Wildman–Crippen MR) is 152 cm³/mol. The van der Waals surface area contributed by atoms with Crippen molar-refractivity contribution in [2.75, 3.05) is 24.4 Å². The number of amides is 3. The molecular formula is C26H23BrCl2N4O5. The summed E-state index contributed by atoms with van der Waals surface area (Å²) in [5, 5.41) is 9.35. The van der Waals surface area contributed by atoms with Crippen LogP contribution in [0.3, 0.4) is 0 Å². The Labute approximate surface area is 237 Å². The van der Waals surface area contributed by atoms with Gasteiger partial charge in [0.1, 0.15) is 0 Å². The Balaban J connectivity index is 1.56. The van der Waals surface area contributed by atoms with Crippen LogP contribution in [0.1, 0.15) is 16.7 Å².